The summed E-state index contributed by atoms with van der Waals surface area (Å²) in [6.07, 6.45) is 4.67. The molecule has 1 rings (SSSR count). The van der Waals surface area contributed by atoms with Crippen molar-refractivity contribution in [1.29, 1.82) is 0 Å². The van der Waals surface area contributed by atoms with Crippen molar-refractivity contribution in [1.82, 2.24) is 15.3 Å². The molecule has 1 heterocycles. The molecule has 0 aliphatic carbocycles. The second-order valence-electron chi connectivity index (χ2n) is 3.27. The number of nitrogens with one attached hydrogen (secondary N) is 1. The molecule has 1 aromatic rings. The van der Waals surface area contributed by atoms with E-state index in [1.165, 1.54) is 18.6 Å². The first-order chi connectivity index (χ1) is 7.63. The van der Waals surface area contributed by atoms with Gasteiger partial charge in [-0.3, -0.25) is 14.6 Å². The van der Waals surface area contributed by atoms with Crippen molar-refractivity contribution >= 4 is 11.9 Å². The lowest BCUT2D eigenvalue weighted by molar-refractivity contribution is -0.137. The molecule has 0 saturated heterocycles. The van der Waals surface area contributed by atoms with Crippen molar-refractivity contribution in [2.75, 3.05) is 0 Å². The topological polar surface area (TPSA) is 92.2 Å². The molecule has 1 unspecified atom stereocenters. The normalized spacial score (nSPS) is 11.8. The first-order valence-corrected chi connectivity index (χ1v) is 4.92. The molecular formula is C10H13N3O3. The van der Waals surface area contributed by atoms with Crippen LogP contribution >= 0.6 is 0 Å². The van der Waals surface area contributed by atoms with Crippen molar-refractivity contribution in [3.8, 4) is 0 Å². The minimum Gasteiger partial charge on any atom is -0.481 e. The fraction of sp³-hybridized carbons (Fsp3) is 0.400. The molecule has 6 nitrogen and oxygen atoms in total. The van der Waals surface area contributed by atoms with Crippen LogP contribution in [-0.2, 0) is 4.79 Å². The van der Waals surface area contributed by atoms with Gasteiger partial charge >= 0.3 is 5.97 Å². The Balaban J connectivity index is 2.59. The van der Waals surface area contributed by atoms with Crippen molar-refractivity contribution in [2.45, 2.75) is 25.8 Å². The number of aliphatic carboxylic acids is 1. The van der Waals surface area contributed by atoms with Crippen LogP contribution in [-0.4, -0.2) is 33.0 Å². The van der Waals surface area contributed by atoms with Gasteiger partial charge in [0.25, 0.3) is 5.91 Å². The Labute approximate surface area is 92.7 Å². The van der Waals surface area contributed by atoms with Gasteiger partial charge in [-0.2, -0.15) is 0 Å². The largest absolute Gasteiger partial charge is 0.481 e. The number of amides is 1. The van der Waals surface area contributed by atoms with Crippen LogP contribution in [0, 0.1) is 0 Å². The molecule has 0 aromatic carbocycles. The molecule has 0 fully saturated rings. The molecule has 1 atom stereocenters. The van der Waals surface area contributed by atoms with Crippen LogP contribution in [0.5, 0.6) is 0 Å². The van der Waals surface area contributed by atoms with Gasteiger partial charge in [0.15, 0.2) is 0 Å². The highest BCUT2D eigenvalue weighted by Crippen LogP contribution is 1.99. The Kier molecular flexibility index (Phi) is 4.38. The maximum atomic E-state index is 11.6. The van der Waals surface area contributed by atoms with Crippen molar-refractivity contribution in [2.24, 2.45) is 0 Å². The molecule has 0 radical (unpaired) electrons. The standard InChI is InChI=1S/C10H13N3O3/c1-2-7(5-9(14)15)13-10(16)8-6-11-3-4-12-8/h3-4,6-7H,2,5H2,1H3,(H,13,16)(H,14,15). The SMILES string of the molecule is CCC(CC(=O)O)NC(=O)c1cnccn1. The lowest BCUT2D eigenvalue weighted by Gasteiger charge is -2.13. The van der Waals surface area contributed by atoms with Crippen LogP contribution < -0.4 is 5.32 Å². The summed E-state index contributed by atoms with van der Waals surface area (Å²) in [5, 5.41) is 11.2. The Morgan fingerprint density at radius 2 is 2.25 bits per heavy atom. The summed E-state index contributed by atoms with van der Waals surface area (Å²) in [4.78, 5) is 29.7. The molecular weight excluding hydrogens is 210 g/mol. The number of carboxylic acids is 1. The van der Waals surface area contributed by atoms with Crippen molar-refractivity contribution in [3.05, 3.63) is 24.3 Å². The smallest absolute Gasteiger partial charge is 0.305 e. The zero-order valence-electron chi connectivity index (χ0n) is 8.88. The summed E-state index contributed by atoms with van der Waals surface area (Å²) < 4.78 is 0. The summed E-state index contributed by atoms with van der Waals surface area (Å²) in [5.74, 6) is -1.34. The van der Waals surface area contributed by atoms with Crippen LogP contribution in [0.15, 0.2) is 18.6 Å². The zero-order chi connectivity index (χ0) is 12.0. The molecule has 2 N–H and O–H groups in total. The highest BCUT2D eigenvalue weighted by molar-refractivity contribution is 5.92. The maximum Gasteiger partial charge on any atom is 0.305 e. The van der Waals surface area contributed by atoms with E-state index in [0.717, 1.165) is 0 Å². The maximum absolute atomic E-state index is 11.6. The molecule has 16 heavy (non-hydrogen) atoms. The predicted octanol–water partition coefficient (Wildman–Crippen LogP) is 0.460. The van der Waals surface area contributed by atoms with Crippen LogP contribution in [0.2, 0.25) is 0 Å². The molecule has 0 bridgehead atoms. The fourth-order valence-corrected chi connectivity index (χ4v) is 1.18. The monoisotopic (exact) mass is 223 g/mol. The molecule has 86 valence electrons. The third-order valence-electron chi connectivity index (χ3n) is 2.04. The van der Waals surface area contributed by atoms with Gasteiger partial charge < -0.3 is 10.4 Å². The van der Waals surface area contributed by atoms with Gasteiger partial charge in [-0.05, 0) is 6.42 Å². The molecule has 0 spiro atoms. The Morgan fingerprint density at radius 3 is 2.75 bits per heavy atom. The lowest BCUT2D eigenvalue weighted by atomic mass is 10.1. The zero-order valence-corrected chi connectivity index (χ0v) is 8.88. The van der Waals surface area contributed by atoms with E-state index in [9.17, 15) is 9.59 Å². The number of carbonyl (C=O) groups excluding carboxylic acids is 1. The first kappa shape index (κ1) is 12.1. The van der Waals surface area contributed by atoms with E-state index < -0.39 is 11.9 Å². The molecule has 1 aromatic heterocycles. The van der Waals surface area contributed by atoms with E-state index in [-0.39, 0.29) is 18.2 Å². The van der Waals surface area contributed by atoms with E-state index in [2.05, 4.69) is 15.3 Å². The molecule has 0 saturated carbocycles. The van der Waals surface area contributed by atoms with E-state index >= 15 is 0 Å². The molecule has 0 aliphatic rings. The van der Waals surface area contributed by atoms with Crippen LogP contribution in [0.25, 0.3) is 0 Å². The van der Waals surface area contributed by atoms with E-state index in [0.29, 0.717) is 6.42 Å². The number of carboxylic acid groups (broad SMARTS) is 1. The summed E-state index contributed by atoms with van der Waals surface area (Å²) in [6.45, 7) is 1.81. The van der Waals surface area contributed by atoms with Crippen LogP contribution in [0.3, 0.4) is 0 Å². The summed E-state index contributed by atoms with van der Waals surface area (Å²) in [5.41, 5.74) is 0.186. The van der Waals surface area contributed by atoms with Crippen molar-refractivity contribution in [3.63, 3.8) is 0 Å². The Morgan fingerprint density at radius 1 is 1.50 bits per heavy atom. The third-order valence-corrected chi connectivity index (χ3v) is 2.04. The number of rotatable bonds is 5. The average Bonchev–Trinajstić information content (AvgIpc) is 2.28. The molecule has 1 amide bonds. The average molecular weight is 223 g/mol. The van der Waals surface area contributed by atoms with Gasteiger partial charge in [-0.1, -0.05) is 6.92 Å². The van der Waals surface area contributed by atoms with E-state index in [1.807, 2.05) is 6.92 Å². The molecule has 0 aliphatic heterocycles. The number of hydrogen-bond acceptors (Lipinski definition) is 4. The summed E-state index contributed by atoms with van der Waals surface area (Å²) >= 11 is 0. The Hall–Kier alpha value is -1.98. The fourth-order valence-electron chi connectivity index (χ4n) is 1.18. The van der Waals surface area contributed by atoms with E-state index in [1.54, 1.807) is 0 Å². The molecule has 6 heteroatoms. The highest BCUT2D eigenvalue weighted by atomic mass is 16.4. The lowest BCUT2D eigenvalue weighted by Crippen LogP contribution is -2.36. The van der Waals surface area contributed by atoms with Crippen LogP contribution in [0.4, 0.5) is 0 Å². The second-order valence-corrected chi connectivity index (χ2v) is 3.27. The van der Waals surface area contributed by atoms with Gasteiger partial charge in [0.05, 0.1) is 12.6 Å². The van der Waals surface area contributed by atoms with Crippen molar-refractivity contribution < 1.29 is 14.7 Å². The van der Waals surface area contributed by atoms with E-state index in [4.69, 9.17) is 5.11 Å². The highest BCUT2D eigenvalue weighted by Gasteiger charge is 2.15. The predicted molar refractivity (Wildman–Crippen MR) is 55.8 cm³/mol. The number of nitrogens with zero attached hydrogens (tertiary/aromatic N) is 2. The third kappa shape index (κ3) is 3.64. The summed E-state index contributed by atoms with van der Waals surface area (Å²) in [7, 11) is 0. The Bertz CT molecular complexity index is 367. The second kappa shape index (κ2) is 5.79. The summed E-state index contributed by atoms with van der Waals surface area (Å²) in [6, 6.07) is -0.382. The minimum absolute atomic E-state index is 0.0947. The van der Waals surface area contributed by atoms with Gasteiger partial charge in [-0.15, -0.1) is 0 Å². The van der Waals surface area contributed by atoms with Gasteiger partial charge in [0.1, 0.15) is 5.69 Å². The van der Waals surface area contributed by atoms with Gasteiger partial charge in [0.2, 0.25) is 0 Å². The minimum atomic E-state index is -0.939. The quantitative estimate of drug-likeness (QED) is 0.756. The first-order valence-electron chi connectivity index (χ1n) is 4.92. The van der Waals surface area contributed by atoms with Gasteiger partial charge in [-0.25, -0.2) is 4.98 Å². The number of aromatic nitrogens is 2. The van der Waals surface area contributed by atoms with Gasteiger partial charge in [0, 0.05) is 18.4 Å². The van der Waals surface area contributed by atoms with Crippen LogP contribution in [0.1, 0.15) is 30.3 Å². The number of hydrogen-bond donors (Lipinski definition) is 2. The number of carbonyl (C=O) groups is 2.